The maximum Gasteiger partial charge on any atom is 0.412 e. The first-order valence-corrected chi connectivity index (χ1v) is 8.94. The maximum absolute atomic E-state index is 12.3. The number of para-hydroxylation sites is 2. The summed E-state index contributed by atoms with van der Waals surface area (Å²) in [6.45, 7) is 3.63. The molecule has 0 saturated heterocycles. The average Bonchev–Trinajstić information content (AvgIpc) is 2.55. The van der Waals surface area contributed by atoms with Crippen molar-refractivity contribution in [1.82, 2.24) is 4.90 Å². The van der Waals surface area contributed by atoms with Crippen LogP contribution in [-0.2, 0) is 4.74 Å². The fourth-order valence-corrected chi connectivity index (χ4v) is 3.19. The molecule has 1 aliphatic carbocycles. The summed E-state index contributed by atoms with van der Waals surface area (Å²) in [5.74, 6) is 1.09. The number of hydrogen-bond donors (Lipinski definition) is 1. The Morgan fingerprint density at radius 1 is 1.25 bits per heavy atom. The third-order valence-electron chi connectivity index (χ3n) is 4.28. The Kier molecular flexibility index (Phi) is 7.37. The molecule has 0 radical (unpaired) electrons. The van der Waals surface area contributed by atoms with E-state index in [-0.39, 0.29) is 6.10 Å². The summed E-state index contributed by atoms with van der Waals surface area (Å²) >= 11 is 0. The lowest BCUT2D eigenvalue weighted by Gasteiger charge is -2.32. The van der Waals surface area contributed by atoms with Crippen LogP contribution in [0.1, 0.15) is 39.0 Å². The summed E-state index contributed by atoms with van der Waals surface area (Å²) in [5.41, 5.74) is 0.663. The zero-order valence-corrected chi connectivity index (χ0v) is 15.1. The number of rotatable bonds is 7. The van der Waals surface area contributed by atoms with Crippen LogP contribution < -0.4 is 10.1 Å². The molecule has 134 valence electrons. The van der Waals surface area contributed by atoms with Gasteiger partial charge in [-0.25, -0.2) is 4.79 Å². The van der Waals surface area contributed by atoms with Crippen LogP contribution >= 0.6 is 0 Å². The van der Waals surface area contributed by atoms with E-state index in [9.17, 15) is 4.79 Å². The van der Waals surface area contributed by atoms with Crippen molar-refractivity contribution < 1.29 is 14.3 Å². The molecule has 2 atom stereocenters. The number of hydrogen-bond acceptors (Lipinski definition) is 4. The minimum Gasteiger partial charge on any atom is -0.491 e. The predicted molar refractivity (Wildman–Crippen MR) is 96.6 cm³/mol. The minimum atomic E-state index is -0.391. The number of carbonyl (C=O) groups excluding carboxylic acids is 1. The van der Waals surface area contributed by atoms with Crippen molar-refractivity contribution in [3.05, 3.63) is 24.3 Å². The molecule has 5 heteroatoms. The second kappa shape index (κ2) is 9.52. The van der Waals surface area contributed by atoms with Gasteiger partial charge in [0.05, 0.1) is 12.3 Å². The fraction of sp³-hybridized carbons (Fsp3) is 0.632. The molecule has 1 aromatic rings. The molecule has 1 saturated carbocycles. The quantitative estimate of drug-likeness (QED) is 0.814. The Balaban J connectivity index is 1.94. The van der Waals surface area contributed by atoms with Gasteiger partial charge in [0, 0.05) is 12.5 Å². The van der Waals surface area contributed by atoms with Gasteiger partial charge in [-0.1, -0.05) is 25.5 Å². The largest absolute Gasteiger partial charge is 0.491 e. The molecule has 0 heterocycles. The summed E-state index contributed by atoms with van der Waals surface area (Å²) in [5, 5.41) is 2.84. The van der Waals surface area contributed by atoms with Crippen LogP contribution in [0, 0.1) is 5.92 Å². The molecule has 1 aromatic carbocycles. The second-order valence-electron chi connectivity index (χ2n) is 6.72. The van der Waals surface area contributed by atoms with E-state index in [1.54, 1.807) is 0 Å². The van der Waals surface area contributed by atoms with Crippen molar-refractivity contribution in [2.45, 2.75) is 45.1 Å². The maximum atomic E-state index is 12.3. The standard InChI is InChI=1S/C19H30N2O3/c1-4-13-23-18-12-8-6-10-16(18)20-19(22)24-17-11-7-5-9-15(17)14-21(2)3/h6,8,10,12,15,17H,4-5,7,9,11,13-14H2,1-3H3,(H,20,22)/t15-,17-/m1/s1. The Hall–Kier alpha value is -1.75. The number of anilines is 1. The van der Waals surface area contributed by atoms with Crippen LogP contribution in [0.3, 0.4) is 0 Å². The molecule has 24 heavy (non-hydrogen) atoms. The number of nitrogens with one attached hydrogen (secondary N) is 1. The van der Waals surface area contributed by atoms with Crippen LogP contribution in [0.5, 0.6) is 5.75 Å². The minimum absolute atomic E-state index is 0.00938. The van der Waals surface area contributed by atoms with Crippen LogP contribution in [0.15, 0.2) is 24.3 Å². The lowest BCUT2D eigenvalue weighted by Crippen LogP contribution is -2.37. The summed E-state index contributed by atoms with van der Waals surface area (Å²) in [6.07, 6.45) is 4.92. The van der Waals surface area contributed by atoms with Crippen molar-refractivity contribution in [3.8, 4) is 5.75 Å². The molecule has 0 aliphatic heterocycles. The Morgan fingerprint density at radius 3 is 2.75 bits per heavy atom. The first-order valence-electron chi connectivity index (χ1n) is 8.94. The van der Waals surface area contributed by atoms with Crippen molar-refractivity contribution in [1.29, 1.82) is 0 Å². The highest BCUT2D eigenvalue weighted by molar-refractivity contribution is 5.86. The summed E-state index contributed by atoms with van der Waals surface area (Å²) < 4.78 is 11.4. The topological polar surface area (TPSA) is 50.8 Å². The number of nitrogens with zero attached hydrogens (tertiary/aromatic N) is 1. The summed E-state index contributed by atoms with van der Waals surface area (Å²) in [4.78, 5) is 14.5. The predicted octanol–water partition coefficient (Wildman–Crippen LogP) is 4.14. The van der Waals surface area contributed by atoms with Crippen molar-refractivity contribution in [2.24, 2.45) is 5.92 Å². The molecule has 0 spiro atoms. The van der Waals surface area contributed by atoms with Gasteiger partial charge < -0.3 is 14.4 Å². The molecule has 1 fully saturated rings. The highest BCUT2D eigenvalue weighted by Crippen LogP contribution is 2.29. The van der Waals surface area contributed by atoms with Gasteiger partial charge in [0.25, 0.3) is 0 Å². The van der Waals surface area contributed by atoms with E-state index in [0.29, 0.717) is 24.0 Å². The van der Waals surface area contributed by atoms with Crippen LogP contribution in [0.4, 0.5) is 10.5 Å². The summed E-state index contributed by atoms with van der Waals surface area (Å²) in [7, 11) is 4.13. The van der Waals surface area contributed by atoms with Crippen molar-refractivity contribution in [2.75, 3.05) is 32.6 Å². The molecule has 0 unspecified atom stereocenters. The zero-order chi connectivity index (χ0) is 17.4. The Morgan fingerprint density at radius 2 is 2.00 bits per heavy atom. The first-order chi connectivity index (χ1) is 11.6. The highest BCUT2D eigenvalue weighted by atomic mass is 16.6. The third-order valence-corrected chi connectivity index (χ3v) is 4.28. The molecule has 1 N–H and O–H groups in total. The van der Waals surface area contributed by atoms with E-state index in [1.165, 1.54) is 6.42 Å². The molecule has 0 bridgehead atoms. The molecule has 1 amide bonds. The number of benzene rings is 1. The average molecular weight is 334 g/mol. The SMILES string of the molecule is CCCOc1ccccc1NC(=O)O[C@@H]1CCCC[C@@H]1CN(C)C. The van der Waals surface area contributed by atoms with Gasteiger partial charge in [-0.3, -0.25) is 5.32 Å². The Bertz CT molecular complexity index is 519. The monoisotopic (exact) mass is 334 g/mol. The first kappa shape index (κ1) is 18.6. The van der Waals surface area contributed by atoms with E-state index in [2.05, 4.69) is 31.2 Å². The van der Waals surface area contributed by atoms with Crippen LogP contribution in [-0.4, -0.2) is 44.3 Å². The van der Waals surface area contributed by atoms with Crippen LogP contribution in [0.2, 0.25) is 0 Å². The smallest absolute Gasteiger partial charge is 0.412 e. The van der Waals surface area contributed by atoms with Gasteiger partial charge >= 0.3 is 6.09 Å². The molecule has 0 aromatic heterocycles. The molecular weight excluding hydrogens is 304 g/mol. The second-order valence-corrected chi connectivity index (χ2v) is 6.72. The van der Waals surface area contributed by atoms with Crippen molar-refractivity contribution in [3.63, 3.8) is 0 Å². The van der Waals surface area contributed by atoms with Crippen LogP contribution in [0.25, 0.3) is 0 Å². The summed E-state index contributed by atoms with van der Waals surface area (Å²) in [6, 6.07) is 7.48. The van der Waals surface area contributed by atoms with Gasteiger partial charge in [0.2, 0.25) is 0 Å². The van der Waals surface area contributed by atoms with E-state index < -0.39 is 6.09 Å². The molecule has 1 aliphatic rings. The van der Waals surface area contributed by atoms with Gasteiger partial charge in [0.1, 0.15) is 11.9 Å². The number of amides is 1. The number of ether oxygens (including phenoxy) is 2. The van der Waals surface area contributed by atoms with Gasteiger partial charge in [-0.05, 0) is 51.9 Å². The zero-order valence-electron chi connectivity index (χ0n) is 15.1. The molecule has 5 nitrogen and oxygen atoms in total. The highest BCUT2D eigenvalue weighted by Gasteiger charge is 2.28. The fourth-order valence-electron chi connectivity index (χ4n) is 3.19. The van der Waals surface area contributed by atoms with Crippen molar-refractivity contribution >= 4 is 11.8 Å². The van der Waals surface area contributed by atoms with Gasteiger partial charge in [0.15, 0.2) is 0 Å². The lowest BCUT2D eigenvalue weighted by atomic mass is 9.86. The normalized spacial score (nSPS) is 20.7. The molecule has 2 rings (SSSR count). The van der Waals surface area contributed by atoms with E-state index >= 15 is 0 Å². The Labute approximate surface area is 145 Å². The van der Waals surface area contributed by atoms with E-state index in [1.807, 2.05) is 24.3 Å². The van der Waals surface area contributed by atoms with E-state index in [4.69, 9.17) is 9.47 Å². The van der Waals surface area contributed by atoms with Gasteiger partial charge in [-0.2, -0.15) is 0 Å². The third kappa shape index (κ3) is 5.71. The molecular formula is C19H30N2O3. The number of carbonyl (C=O) groups is 1. The van der Waals surface area contributed by atoms with Gasteiger partial charge in [-0.15, -0.1) is 0 Å². The van der Waals surface area contributed by atoms with E-state index in [0.717, 1.165) is 32.2 Å². The lowest BCUT2D eigenvalue weighted by molar-refractivity contribution is 0.0357.